The number of hydrogen-bond donors (Lipinski definition) is 1. The van der Waals surface area contributed by atoms with Crippen LogP contribution >= 0.6 is 0 Å². The van der Waals surface area contributed by atoms with Crippen LogP contribution in [0.15, 0.2) is 6.07 Å². The molecule has 0 radical (unpaired) electrons. The first-order valence-corrected chi connectivity index (χ1v) is 5.83. The number of hydrogen-bond acceptors (Lipinski definition) is 4. The quantitative estimate of drug-likeness (QED) is 0.907. The van der Waals surface area contributed by atoms with Crippen molar-refractivity contribution in [3.05, 3.63) is 17.6 Å². The van der Waals surface area contributed by atoms with Crippen molar-refractivity contribution in [1.29, 1.82) is 0 Å². The number of ether oxygens (including phenoxy) is 1. The zero-order valence-electron chi connectivity index (χ0n) is 9.92. The molecule has 1 aliphatic rings. The molecule has 1 fully saturated rings. The van der Waals surface area contributed by atoms with Gasteiger partial charge in [0.1, 0.15) is 5.82 Å². The average Bonchev–Trinajstić information content (AvgIpc) is 2.81. The van der Waals surface area contributed by atoms with E-state index in [4.69, 9.17) is 4.74 Å². The van der Waals surface area contributed by atoms with E-state index in [1.807, 2.05) is 0 Å². The number of nitrogens with zero attached hydrogens (tertiary/aromatic N) is 2. The molecule has 2 heterocycles. The summed E-state index contributed by atoms with van der Waals surface area (Å²) in [6, 6.07) is 0.619. The van der Waals surface area contributed by atoms with Crippen LogP contribution in [0, 0.1) is 0 Å². The van der Waals surface area contributed by atoms with E-state index in [-0.39, 0.29) is 24.4 Å². The smallest absolute Gasteiger partial charge is 0.433 e. The van der Waals surface area contributed by atoms with Gasteiger partial charge in [-0.3, -0.25) is 0 Å². The molecule has 1 aromatic heterocycles. The molecule has 18 heavy (non-hydrogen) atoms. The van der Waals surface area contributed by atoms with Crippen LogP contribution in [-0.2, 0) is 6.18 Å². The normalized spacial score (nSPS) is 20.1. The van der Waals surface area contributed by atoms with Crippen molar-refractivity contribution in [3.8, 4) is 5.88 Å². The molecule has 100 valence electrons. The van der Waals surface area contributed by atoms with Gasteiger partial charge < -0.3 is 10.1 Å². The molecular formula is C11H14F3N3O. The van der Waals surface area contributed by atoms with Crippen LogP contribution in [0.2, 0.25) is 0 Å². The van der Waals surface area contributed by atoms with Crippen LogP contribution < -0.4 is 10.1 Å². The van der Waals surface area contributed by atoms with Crippen LogP contribution in [0.3, 0.4) is 0 Å². The molecule has 1 aromatic rings. The highest BCUT2D eigenvalue weighted by Crippen LogP contribution is 2.31. The van der Waals surface area contributed by atoms with E-state index in [1.165, 1.54) is 0 Å². The Bertz CT molecular complexity index is 416. The minimum absolute atomic E-state index is 0.0245. The molecule has 1 unspecified atom stereocenters. The largest absolute Gasteiger partial charge is 0.478 e. The van der Waals surface area contributed by atoms with Crippen molar-refractivity contribution in [2.24, 2.45) is 0 Å². The Labute approximate surface area is 103 Å². The molecule has 7 heteroatoms. The first kappa shape index (κ1) is 13.1. The van der Waals surface area contributed by atoms with Gasteiger partial charge in [0.25, 0.3) is 0 Å². The topological polar surface area (TPSA) is 47.0 Å². The fraction of sp³-hybridized carbons (Fsp3) is 0.636. The molecule has 1 atom stereocenters. The molecular weight excluding hydrogens is 247 g/mol. The molecule has 4 nitrogen and oxygen atoms in total. The van der Waals surface area contributed by atoms with Gasteiger partial charge in [-0.15, -0.1) is 0 Å². The summed E-state index contributed by atoms with van der Waals surface area (Å²) in [6.45, 7) is 2.74. The predicted octanol–water partition coefficient (Wildman–Crippen LogP) is 2.32. The number of aromatic nitrogens is 2. The van der Waals surface area contributed by atoms with Gasteiger partial charge in [0.2, 0.25) is 5.88 Å². The molecule has 0 saturated carbocycles. The molecule has 0 aliphatic carbocycles. The summed E-state index contributed by atoms with van der Waals surface area (Å²) in [4.78, 5) is 7.61. The van der Waals surface area contributed by atoms with Gasteiger partial charge in [-0.1, -0.05) is 0 Å². The van der Waals surface area contributed by atoms with E-state index in [0.29, 0.717) is 0 Å². The Kier molecular flexibility index (Phi) is 3.70. The highest BCUT2D eigenvalue weighted by Gasteiger charge is 2.35. The average molecular weight is 261 g/mol. The van der Waals surface area contributed by atoms with Crippen molar-refractivity contribution >= 4 is 0 Å². The third-order valence-corrected chi connectivity index (χ3v) is 2.67. The van der Waals surface area contributed by atoms with Crippen LogP contribution in [0.25, 0.3) is 0 Å². The standard InChI is InChI=1S/C11H14F3N3O/c1-2-18-9-6-8(11(12,13)14)16-10(17-9)7-4-3-5-15-7/h6-7,15H,2-5H2,1H3. The van der Waals surface area contributed by atoms with Gasteiger partial charge in [0.15, 0.2) is 5.69 Å². The van der Waals surface area contributed by atoms with Gasteiger partial charge in [-0.25, -0.2) is 4.98 Å². The number of nitrogens with one attached hydrogen (secondary N) is 1. The summed E-state index contributed by atoms with van der Waals surface area (Å²) < 4.78 is 43.2. The molecule has 1 N–H and O–H groups in total. The van der Waals surface area contributed by atoms with E-state index >= 15 is 0 Å². The minimum Gasteiger partial charge on any atom is -0.478 e. The third kappa shape index (κ3) is 2.90. The van der Waals surface area contributed by atoms with Gasteiger partial charge in [0, 0.05) is 6.07 Å². The summed E-state index contributed by atoms with van der Waals surface area (Å²) >= 11 is 0. The van der Waals surface area contributed by atoms with E-state index in [2.05, 4.69) is 15.3 Å². The van der Waals surface area contributed by atoms with E-state index in [9.17, 15) is 13.2 Å². The zero-order valence-corrected chi connectivity index (χ0v) is 9.92. The maximum absolute atomic E-state index is 12.7. The second-order valence-electron chi connectivity index (χ2n) is 4.03. The second kappa shape index (κ2) is 5.09. The van der Waals surface area contributed by atoms with Crippen LogP contribution in [0.4, 0.5) is 13.2 Å². The Morgan fingerprint density at radius 2 is 2.22 bits per heavy atom. The number of rotatable bonds is 3. The maximum Gasteiger partial charge on any atom is 0.433 e. The highest BCUT2D eigenvalue weighted by atomic mass is 19.4. The lowest BCUT2D eigenvalue weighted by atomic mass is 10.2. The fourth-order valence-corrected chi connectivity index (χ4v) is 1.87. The lowest BCUT2D eigenvalue weighted by molar-refractivity contribution is -0.141. The molecule has 0 aromatic carbocycles. The monoisotopic (exact) mass is 261 g/mol. The molecule has 0 spiro atoms. The summed E-state index contributed by atoms with van der Waals surface area (Å²) in [7, 11) is 0. The first-order chi connectivity index (χ1) is 8.50. The Hall–Kier alpha value is -1.37. The molecule has 1 aliphatic heterocycles. The lowest BCUT2D eigenvalue weighted by Gasteiger charge is -2.14. The van der Waals surface area contributed by atoms with Gasteiger partial charge in [-0.2, -0.15) is 18.2 Å². The maximum atomic E-state index is 12.7. The summed E-state index contributed by atoms with van der Waals surface area (Å²) in [5, 5.41) is 3.07. The zero-order chi connectivity index (χ0) is 13.2. The van der Waals surface area contributed by atoms with Crippen molar-refractivity contribution < 1.29 is 17.9 Å². The Morgan fingerprint density at radius 1 is 1.44 bits per heavy atom. The number of halogens is 3. The van der Waals surface area contributed by atoms with E-state index < -0.39 is 11.9 Å². The van der Waals surface area contributed by atoms with Crippen molar-refractivity contribution in [2.75, 3.05) is 13.2 Å². The van der Waals surface area contributed by atoms with Crippen molar-refractivity contribution in [3.63, 3.8) is 0 Å². The molecule has 2 rings (SSSR count). The third-order valence-electron chi connectivity index (χ3n) is 2.67. The van der Waals surface area contributed by atoms with Crippen molar-refractivity contribution in [2.45, 2.75) is 32.0 Å². The fourth-order valence-electron chi connectivity index (χ4n) is 1.87. The molecule has 0 bridgehead atoms. The molecule has 0 amide bonds. The van der Waals surface area contributed by atoms with Gasteiger partial charge in [-0.05, 0) is 26.3 Å². The Balaban J connectivity index is 2.35. The van der Waals surface area contributed by atoms with Crippen molar-refractivity contribution in [1.82, 2.24) is 15.3 Å². The first-order valence-electron chi connectivity index (χ1n) is 5.83. The highest BCUT2D eigenvalue weighted by molar-refractivity contribution is 5.20. The summed E-state index contributed by atoms with van der Waals surface area (Å²) in [6.07, 6.45) is -2.83. The summed E-state index contributed by atoms with van der Waals surface area (Å²) in [5.74, 6) is 0.134. The second-order valence-corrected chi connectivity index (χ2v) is 4.03. The SMILES string of the molecule is CCOc1cc(C(F)(F)F)nc(C2CCCN2)n1. The number of alkyl halides is 3. The van der Waals surface area contributed by atoms with E-state index in [0.717, 1.165) is 25.5 Å². The van der Waals surface area contributed by atoms with Gasteiger partial charge >= 0.3 is 6.18 Å². The van der Waals surface area contributed by atoms with Crippen LogP contribution in [-0.4, -0.2) is 23.1 Å². The van der Waals surface area contributed by atoms with Gasteiger partial charge in [0.05, 0.1) is 12.6 Å². The lowest BCUT2D eigenvalue weighted by Crippen LogP contribution is -2.19. The van der Waals surface area contributed by atoms with Crippen LogP contribution in [0.1, 0.15) is 37.3 Å². The van der Waals surface area contributed by atoms with Crippen LogP contribution in [0.5, 0.6) is 5.88 Å². The Morgan fingerprint density at radius 3 is 2.78 bits per heavy atom. The molecule has 1 saturated heterocycles. The predicted molar refractivity (Wildman–Crippen MR) is 58.2 cm³/mol. The van der Waals surface area contributed by atoms with E-state index in [1.54, 1.807) is 6.92 Å². The summed E-state index contributed by atoms with van der Waals surface area (Å²) in [5.41, 5.74) is -0.954. The minimum atomic E-state index is -4.48.